The second-order valence-electron chi connectivity index (χ2n) is 6.95. The molecule has 0 atom stereocenters. The Kier molecular flexibility index (Phi) is 5.65. The average Bonchev–Trinajstić information content (AvgIpc) is 2.69. The van der Waals surface area contributed by atoms with Crippen molar-refractivity contribution >= 4 is 11.3 Å². The van der Waals surface area contributed by atoms with Gasteiger partial charge in [-0.05, 0) is 56.3 Å². The average molecular weight is 295 g/mol. The Bertz CT molecular complexity index is 423. The SMILES string of the molecule is CCCNCc1cc(CN2CCCC(C)(C)C2)c(C)s1. The van der Waals surface area contributed by atoms with Crippen LogP contribution in [0.25, 0.3) is 0 Å². The highest BCUT2D eigenvalue weighted by Gasteiger charge is 2.26. The van der Waals surface area contributed by atoms with Crippen molar-refractivity contribution in [2.75, 3.05) is 19.6 Å². The third-order valence-electron chi connectivity index (χ3n) is 4.17. The standard InChI is InChI=1S/C17H30N2S/c1-5-8-18-11-16-10-15(14(2)20-16)12-19-9-6-7-17(3,4)13-19/h10,18H,5-9,11-13H2,1-4H3. The quantitative estimate of drug-likeness (QED) is 0.792. The molecule has 114 valence electrons. The predicted molar refractivity (Wildman–Crippen MR) is 89.3 cm³/mol. The summed E-state index contributed by atoms with van der Waals surface area (Å²) in [5.74, 6) is 0. The Morgan fingerprint density at radius 1 is 1.40 bits per heavy atom. The smallest absolute Gasteiger partial charge is 0.0299 e. The topological polar surface area (TPSA) is 15.3 Å². The first-order chi connectivity index (χ1) is 9.50. The highest BCUT2D eigenvalue weighted by molar-refractivity contribution is 7.12. The zero-order valence-electron chi connectivity index (χ0n) is 13.6. The first-order valence-electron chi connectivity index (χ1n) is 8.01. The molecule has 20 heavy (non-hydrogen) atoms. The third kappa shape index (κ3) is 4.57. The molecule has 0 aromatic carbocycles. The summed E-state index contributed by atoms with van der Waals surface area (Å²) in [5.41, 5.74) is 2.04. The van der Waals surface area contributed by atoms with Gasteiger partial charge in [0.25, 0.3) is 0 Å². The van der Waals surface area contributed by atoms with E-state index in [0.29, 0.717) is 5.41 Å². The molecular formula is C17H30N2S. The molecule has 1 aromatic rings. The van der Waals surface area contributed by atoms with Gasteiger partial charge in [-0.25, -0.2) is 0 Å². The number of nitrogens with zero attached hydrogens (tertiary/aromatic N) is 1. The summed E-state index contributed by atoms with van der Waals surface area (Å²) in [6, 6.07) is 2.42. The predicted octanol–water partition coefficient (Wildman–Crippen LogP) is 4.18. The van der Waals surface area contributed by atoms with E-state index in [1.165, 1.54) is 42.1 Å². The van der Waals surface area contributed by atoms with Crippen LogP contribution in [-0.4, -0.2) is 24.5 Å². The van der Waals surface area contributed by atoms with Crippen molar-refractivity contribution in [3.05, 3.63) is 21.4 Å². The molecule has 1 aliphatic heterocycles. The maximum Gasteiger partial charge on any atom is 0.0299 e. The van der Waals surface area contributed by atoms with Crippen molar-refractivity contribution in [1.29, 1.82) is 0 Å². The van der Waals surface area contributed by atoms with Crippen LogP contribution in [0.2, 0.25) is 0 Å². The molecule has 0 radical (unpaired) electrons. The van der Waals surface area contributed by atoms with Crippen LogP contribution >= 0.6 is 11.3 Å². The second-order valence-corrected chi connectivity index (χ2v) is 8.29. The van der Waals surface area contributed by atoms with Crippen LogP contribution in [0.1, 0.15) is 55.4 Å². The molecule has 0 aliphatic carbocycles. The van der Waals surface area contributed by atoms with Gasteiger partial charge in [-0.2, -0.15) is 0 Å². The fourth-order valence-corrected chi connectivity index (χ4v) is 4.16. The molecule has 1 N–H and O–H groups in total. The Morgan fingerprint density at radius 3 is 2.90 bits per heavy atom. The van der Waals surface area contributed by atoms with Crippen molar-refractivity contribution in [2.24, 2.45) is 5.41 Å². The van der Waals surface area contributed by atoms with Gasteiger partial charge in [0.1, 0.15) is 0 Å². The minimum atomic E-state index is 0.494. The van der Waals surface area contributed by atoms with E-state index in [9.17, 15) is 0 Å². The van der Waals surface area contributed by atoms with E-state index in [4.69, 9.17) is 0 Å². The fourth-order valence-electron chi connectivity index (χ4n) is 3.14. The second kappa shape index (κ2) is 7.06. The minimum Gasteiger partial charge on any atom is -0.312 e. The molecule has 1 saturated heterocycles. The van der Waals surface area contributed by atoms with Crippen molar-refractivity contribution in [1.82, 2.24) is 10.2 Å². The van der Waals surface area contributed by atoms with Crippen molar-refractivity contribution in [3.8, 4) is 0 Å². The van der Waals surface area contributed by atoms with Gasteiger partial charge >= 0.3 is 0 Å². The highest BCUT2D eigenvalue weighted by atomic mass is 32.1. The van der Waals surface area contributed by atoms with Crippen LogP contribution in [0.3, 0.4) is 0 Å². The zero-order valence-corrected chi connectivity index (χ0v) is 14.4. The lowest BCUT2D eigenvalue weighted by atomic mass is 9.84. The maximum atomic E-state index is 3.51. The number of aryl methyl sites for hydroxylation is 1. The van der Waals surface area contributed by atoms with Crippen LogP contribution in [0.4, 0.5) is 0 Å². The van der Waals surface area contributed by atoms with Gasteiger partial charge < -0.3 is 5.32 Å². The van der Waals surface area contributed by atoms with Crippen LogP contribution in [0.15, 0.2) is 6.07 Å². The van der Waals surface area contributed by atoms with Crippen LogP contribution in [0.5, 0.6) is 0 Å². The lowest BCUT2D eigenvalue weighted by molar-refractivity contribution is 0.111. The summed E-state index contributed by atoms with van der Waals surface area (Å²) in [6.45, 7) is 15.1. The van der Waals surface area contributed by atoms with Gasteiger partial charge in [0, 0.05) is 29.4 Å². The normalized spacial score (nSPS) is 19.4. The van der Waals surface area contributed by atoms with E-state index < -0.39 is 0 Å². The summed E-state index contributed by atoms with van der Waals surface area (Å²) in [5, 5.41) is 3.51. The number of thiophene rings is 1. The van der Waals surface area contributed by atoms with E-state index in [1.54, 1.807) is 5.56 Å². The Balaban J connectivity index is 1.92. The van der Waals surface area contributed by atoms with Gasteiger partial charge in [-0.1, -0.05) is 20.8 Å². The van der Waals surface area contributed by atoms with Crippen molar-refractivity contribution < 1.29 is 0 Å². The molecule has 1 aromatic heterocycles. The van der Waals surface area contributed by atoms with Gasteiger partial charge in [0.15, 0.2) is 0 Å². The Hall–Kier alpha value is -0.380. The number of piperidine rings is 1. The monoisotopic (exact) mass is 294 g/mol. The summed E-state index contributed by atoms with van der Waals surface area (Å²) in [6.07, 6.45) is 3.93. The molecule has 0 bridgehead atoms. The number of hydrogen-bond donors (Lipinski definition) is 1. The highest BCUT2D eigenvalue weighted by Crippen LogP contribution is 2.30. The van der Waals surface area contributed by atoms with Gasteiger partial charge in [0.2, 0.25) is 0 Å². The molecular weight excluding hydrogens is 264 g/mol. The molecule has 1 aliphatic rings. The van der Waals surface area contributed by atoms with E-state index in [0.717, 1.165) is 19.6 Å². The van der Waals surface area contributed by atoms with Gasteiger partial charge in [-0.3, -0.25) is 4.90 Å². The van der Waals surface area contributed by atoms with Gasteiger partial charge in [0.05, 0.1) is 0 Å². The molecule has 0 unspecified atom stereocenters. The molecule has 3 heteroatoms. The molecule has 2 nitrogen and oxygen atoms in total. The van der Waals surface area contributed by atoms with Crippen molar-refractivity contribution in [3.63, 3.8) is 0 Å². The molecule has 0 amide bonds. The summed E-state index contributed by atoms with van der Waals surface area (Å²) < 4.78 is 0. The van der Waals surface area contributed by atoms with E-state index in [1.807, 2.05) is 11.3 Å². The van der Waals surface area contributed by atoms with Crippen LogP contribution < -0.4 is 5.32 Å². The molecule has 0 spiro atoms. The zero-order chi connectivity index (χ0) is 14.6. The lowest BCUT2D eigenvalue weighted by Crippen LogP contribution is -2.39. The molecule has 2 heterocycles. The van der Waals surface area contributed by atoms with Crippen molar-refractivity contribution in [2.45, 2.75) is 60.0 Å². The maximum absolute atomic E-state index is 3.51. The number of nitrogens with one attached hydrogen (secondary N) is 1. The van der Waals surface area contributed by atoms with Gasteiger partial charge in [-0.15, -0.1) is 11.3 Å². The van der Waals surface area contributed by atoms with Crippen LogP contribution in [-0.2, 0) is 13.1 Å². The van der Waals surface area contributed by atoms with E-state index in [-0.39, 0.29) is 0 Å². The summed E-state index contributed by atoms with van der Waals surface area (Å²) >= 11 is 1.96. The number of rotatable bonds is 6. The third-order valence-corrected chi connectivity index (χ3v) is 5.26. The first-order valence-corrected chi connectivity index (χ1v) is 8.83. The largest absolute Gasteiger partial charge is 0.312 e. The fraction of sp³-hybridized carbons (Fsp3) is 0.765. The summed E-state index contributed by atoms with van der Waals surface area (Å²) in [4.78, 5) is 5.63. The van der Waals surface area contributed by atoms with E-state index >= 15 is 0 Å². The Labute approximate surface area is 128 Å². The molecule has 0 saturated carbocycles. The van der Waals surface area contributed by atoms with Crippen LogP contribution in [0, 0.1) is 12.3 Å². The lowest BCUT2D eigenvalue weighted by Gasteiger charge is -2.38. The summed E-state index contributed by atoms with van der Waals surface area (Å²) in [7, 11) is 0. The first kappa shape index (κ1) is 16.0. The van der Waals surface area contributed by atoms with E-state index in [2.05, 4.69) is 44.0 Å². The Morgan fingerprint density at radius 2 is 2.20 bits per heavy atom. The number of likely N-dealkylation sites (tertiary alicyclic amines) is 1. The molecule has 1 fully saturated rings. The minimum absolute atomic E-state index is 0.494. The molecule has 2 rings (SSSR count). The number of hydrogen-bond acceptors (Lipinski definition) is 3.